The van der Waals surface area contributed by atoms with Crippen LogP contribution in [0.25, 0.3) is 0 Å². The zero-order valence-electron chi connectivity index (χ0n) is 11.2. The SMILES string of the molecule is Br.Cc1ccc(P(CC=O)c2ccc(C)cc2)cc1. The van der Waals surface area contributed by atoms with Gasteiger partial charge in [0.1, 0.15) is 6.29 Å². The standard InChI is InChI=1S/C16H17OP.BrH/c1-13-3-7-15(8-4-13)18(12-11-17)16-9-5-14(2)6-10-16;/h3-11H,12H2,1-2H3;1H. The number of halogens is 1. The van der Waals surface area contributed by atoms with Gasteiger partial charge in [-0.25, -0.2) is 0 Å². The Kier molecular flexibility index (Phi) is 6.41. The molecule has 0 aromatic heterocycles. The largest absolute Gasteiger partial charge is 0.303 e. The molecule has 0 aliphatic heterocycles. The number of carbonyl (C=O) groups excluding carboxylic acids is 1. The first-order valence-electron chi connectivity index (χ1n) is 6.05. The number of carbonyl (C=O) groups is 1. The molecule has 2 rings (SSSR count). The molecule has 0 fully saturated rings. The van der Waals surface area contributed by atoms with Crippen LogP contribution in [0.15, 0.2) is 48.5 Å². The Bertz CT molecular complexity index is 474. The van der Waals surface area contributed by atoms with E-state index in [0.717, 1.165) is 6.29 Å². The van der Waals surface area contributed by atoms with Gasteiger partial charge in [0.25, 0.3) is 0 Å². The van der Waals surface area contributed by atoms with Crippen LogP contribution < -0.4 is 10.6 Å². The second-order valence-electron chi connectivity index (χ2n) is 4.45. The van der Waals surface area contributed by atoms with Crippen molar-refractivity contribution in [2.24, 2.45) is 0 Å². The van der Waals surface area contributed by atoms with Crippen molar-refractivity contribution < 1.29 is 4.79 Å². The number of rotatable bonds is 4. The Balaban J connectivity index is 0.00000180. The fraction of sp³-hybridized carbons (Fsp3) is 0.188. The minimum absolute atomic E-state index is 0. The van der Waals surface area contributed by atoms with Gasteiger partial charge in [0, 0.05) is 6.16 Å². The van der Waals surface area contributed by atoms with Crippen LogP contribution in [0.3, 0.4) is 0 Å². The Morgan fingerprint density at radius 3 is 1.53 bits per heavy atom. The van der Waals surface area contributed by atoms with Gasteiger partial charge in [0.15, 0.2) is 0 Å². The summed E-state index contributed by atoms with van der Waals surface area (Å²) in [5, 5.41) is 2.54. The quantitative estimate of drug-likeness (QED) is 0.616. The molecule has 0 aliphatic rings. The average molecular weight is 337 g/mol. The summed E-state index contributed by atoms with van der Waals surface area (Å²) in [6.45, 7) is 4.16. The highest BCUT2D eigenvalue weighted by atomic mass is 79.9. The second-order valence-corrected chi connectivity index (χ2v) is 6.70. The number of aldehydes is 1. The van der Waals surface area contributed by atoms with Crippen LogP contribution in [0, 0.1) is 13.8 Å². The molecule has 1 nitrogen and oxygen atoms in total. The third-order valence-electron chi connectivity index (χ3n) is 2.95. The third-order valence-corrected chi connectivity index (χ3v) is 5.31. The molecule has 2 aromatic carbocycles. The number of hydrogen-bond donors (Lipinski definition) is 0. The van der Waals surface area contributed by atoms with Crippen LogP contribution in [0.1, 0.15) is 11.1 Å². The van der Waals surface area contributed by atoms with E-state index < -0.39 is 7.92 Å². The van der Waals surface area contributed by atoms with E-state index in [1.165, 1.54) is 21.7 Å². The van der Waals surface area contributed by atoms with Gasteiger partial charge in [-0.15, -0.1) is 17.0 Å². The molecule has 0 bridgehead atoms. The molecule has 0 unspecified atom stereocenters. The van der Waals surface area contributed by atoms with Gasteiger partial charge in [0.05, 0.1) is 0 Å². The molecule has 0 heterocycles. The van der Waals surface area contributed by atoms with E-state index in [0.29, 0.717) is 6.16 Å². The van der Waals surface area contributed by atoms with Gasteiger partial charge >= 0.3 is 0 Å². The summed E-state index contributed by atoms with van der Waals surface area (Å²) in [5.41, 5.74) is 2.51. The van der Waals surface area contributed by atoms with Gasteiger partial charge in [0.2, 0.25) is 0 Å². The van der Waals surface area contributed by atoms with E-state index in [-0.39, 0.29) is 17.0 Å². The smallest absolute Gasteiger partial charge is 0.124 e. The summed E-state index contributed by atoms with van der Waals surface area (Å²) >= 11 is 0. The lowest BCUT2D eigenvalue weighted by molar-refractivity contribution is -0.105. The van der Waals surface area contributed by atoms with Crippen LogP contribution in [0.2, 0.25) is 0 Å². The summed E-state index contributed by atoms with van der Waals surface area (Å²) in [7, 11) is -0.544. The summed E-state index contributed by atoms with van der Waals surface area (Å²) < 4.78 is 0. The minimum Gasteiger partial charge on any atom is -0.303 e. The molecular weight excluding hydrogens is 319 g/mol. The zero-order valence-corrected chi connectivity index (χ0v) is 13.8. The predicted octanol–water partition coefficient (Wildman–Crippen LogP) is 3.51. The Morgan fingerprint density at radius 1 is 0.842 bits per heavy atom. The lowest BCUT2D eigenvalue weighted by atomic mass is 10.2. The summed E-state index contributed by atoms with van der Waals surface area (Å²) in [5.74, 6) is 0. The van der Waals surface area contributed by atoms with Crippen molar-refractivity contribution in [2.45, 2.75) is 13.8 Å². The maximum atomic E-state index is 10.9. The van der Waals surface area contributed by atoms with Crippen LogP contribution in [0.5, 0.6) is 0 Å². The van der Waals surface area contributed by atoms with Crippen LogP contribution >= 0.6 is 24.9 Å². The molecule has 0 atom stereocenters. The first-order chi connectivity index (χ1) is 8.70. The van der Waals surface area contributed by atoms with Gasteiger partial charge in [-0.1, -0.05) is 59.7 Å². The van der Waals surface area contributed by atoms with Gasteiger partial charge in [-0.05, 0) is 32.4 Å². The van der Waals surface area contributed by atoms with E-state index in [4.69, 9.17) is 0 Å². The van der Waals surface area contributed by atoms with Gasteiger partial charge in [-0.3, -0.25) is 0 Å². The molecule has 0 spiro atoms. The molecule has 0 N–H and O–H groups in total. The average Bonchev–Trinajstić information content (AvgIpc) is 2.39. The molecule has 0 saturated heterocycles. The molecule has 19 heavy (non-hydrogen) atoms. The van der Waals surface area contributed by atoms with Crippen molar-refractivity contribution in [3.05, 3.63) is 59.7 Å². The Morgan fingerprint density at radius 2 is 1.21 bits per heavy atom. The molecule has 100 valence electrons. The zero-order chi connectivity index (χ0) is 13.0. The highest BCUT2D eigenvalue weighted by molar-refractivity contribution is 8.93. The molecule has 0 saturated carbocycles. The van der Waals surface area contributed by atoms with Crippen LogP contribution in [0.4, 0.5) is 0 Å². The van der Waals surface area contributed by atoms with E-state index in [2.05, 4.69) is 62.4 Å². The first kappa shape index (κ1) is 16.1. The Labute approximate surface area is 126 Å². The topological polar surface area (TPSA) is 17.1 Å². The first-order valence-corrected chi connectivity index (χ1v) is 7.58. The van der Waals surface area contributed by atoms with E-state index in [1.54, 1.807) is 0 Å². The van der Waals surface area contributed by atoms with Gasteiger partial charge < -0.3 is 4.79 Å². The normalized spacial score (nSPS) is 10.1. The molecule has 0 radical (unpaired) electrons. The number of hydrogen-bond acceptors (Lipinski definition) is 1. The summed E-state index contributed by atoms with van der Waals surface area (Å²) in [6.07, 6.45) is 1.63. The van der Waals surface area contributed by atoms with Crippen LogP contribution in [-0.4, -0.2) is 12.4 Å². The lowest BCUT2D eigenvalue weighted by Crippen LogP contribution is -2.14. The van der Waals surface area contributed by atoms with Gasteiger partial charge in [-0.2, -0.15) is 0 Å². The third kappa shape index (κ3) is 4.26. The predicted molar refractivity (Wildman–Crippen MR) is 89.8 cm³/mol. The number of benzene rings is 2. The van der Waals surface area contributed by atoms with E-state index >= 15 is 0 Å². The fourth-order valence-electron chi connectivity index (χ4n) is 1.88. The monoisotopic (exact) mass is 336 g/mol. The molecule has 3 heteroatoms. The molecule has 0 aliphatic carbocycles. The molecular formula is C16H18BrOP. The molecule has 0 amide bonds. The fourth-order valence-corrected chi connectivity index (χ4v) is 3.77. The van der Waals surface area contributed by atoms with Crippen LogP contribution in [-0.2, 0) is 4.79 Å². The number of aryl methyl sites for hydroxylation is 2. The van der Waals surface area contributed by atoms with Crippen molar-refractivity contribution in [1.82, 2.24) is 0 Å². The van der Waals surface area contributed by atoms with Crippen molar-refractivity contribution >= 4 is 41.8 Å². The van der Waals surface area contributed by atoms with E-state index in [1.807, 2.05) is 0 Å². The van der Waals surface area contributed by atoms with Crippen molar-refractivity contribution in [2.75, 3.05) is 6.16 Å². The second kappa shape index (κ2) is 7.57. The summed E-state index contributed by atoms with van der Waals surface area (Å²) in [6, 6.07) is 17.0. The van der Waals surface area contributed by atoms with Crippen molar-refractivity contribution in [3.8, 4) is 0 Å². The van der Waals surface area contributed by atoms with Crippen molar-refractivity contribution in [3.63, 3.8) is 0 Å². The van der Waals surface area contributed by atoms with E-state index in [9.17, 15) is 4.79 Å². The lowest BCUT2D eigenvalue weighted by Gasteiger charge is -2.16. The minimum atomic E-state index is -0.544. The highest BCUT2D eigenvalue weighted by Gasteiger charge is 2.12. The molecule has 2 aromatic rings. The maximum Gasteiger partial charge on any atom is 0.124 e. The maximum absolute atomic E-state index is 10.9. The van der Waals surface area contributed by atoms with Crippen molar-refractivity contribution in [1.29, 1.82) is 0 Å². The Hall–Kier alpha value is -0.980. The summed E-state index contributed by atoms with van der Waals surface area (Å²) in [4.78, 5) is 10.9. The highest BCUT2D eigenvalue weighted by Crippen LogP contribution is 2.32.